The first kappa shape index (κ1) is 12.8. The number of nitrogens with zero attached hydrogens (tertiary/aromatic N) is 2. The van der Waals surface area contributed by atoms with Gasteiger partial charge in [0.05, 0.1) is 5.52 Å². The maximum Gasteiger partial charge on any atom is 0.287 e. The zero-order valence-electron chi connectivity index (χ0n) is 11.2. The van der Waals surface area contributed by atoms with Gasteiger partial charge in [0.15, 0.2) is 0 Å². The number of para-hydroxylation sites is 1. The molecular weight excluding hydrogens is 260 g/mol. The molecule has 104 valence electrons. The summed E-state index contributed by atoms with van der Waals surface area (Å²) in [6.45, 7) is -0.601. The van der Waals surface area contributed by atoms with E-state index in [9.17, 15) is 14.7 Å². The fourth-order valence-electron chi connectivity index (χ4n) is 2.65. The van der Waals surface area contributed by atoms with E-state index in [-0.39, 0.29) is 11.6 Å². The highest BCUT2D eigenvalue weighted by Gasteiger charge is 2.51. The number of amides is 1. The number of rotatable bonds is 2. The molecule has 0 saturated carbocycles. The molecule has 1 aromatic carbocycles. The second kappa shape index (κ2) is 4.16. The van der Waals surface area contributed by atoms with E-state index in [1.54, 1.807) is 18.2 Å². The van der Waals surface area contributed by atoms with Crippen LogP contribution in [0.1, 0.15) is 15.3 Å². The highest BCUT2D eigenvalue weighted by molar-refractivity contribution is 6.11. The van der Waals surface area contributed by atoms with Gasteiger partial charge in [-0.1, -0.05) is 18.2 Å². The first-order valence-electron chi connectivity index (χ1n) is 6.16. The Morgan fingerprint density at radius 2 is 2.00 bits per heavy atom. The first-order chi connectivity index (χ1) is 9.56. The molecule has 0 saturated heterocycles. The lowest BCUT2D eigenvalue weighted by atomic mass is 10.1. The number of aliphatic hydroxyl groups excluding tert-OH is 1. The third-order valence-electron chi connectivity index (χ3n) is 3.87. The quantitative estimate of drug-likeness (QED) is 0.875. The lowest BCUT2D eigenvalue weighted by molar-refractivity contribution is -0.112. The number of aromatic nitrogens is 1. The van der Waals surface area contributed by atoms with E-state index in [0.29, 0.717) is 5.52 Å². The molecule has 0 aliphatic carbocycles. The molecular formula is C14H14N2O4. The minimum Gasteiger partial charge on any atom is -0.391 e. The summed E-state index contributed by atoms with van der Waals surface area (Å²) in [6, 6.07) is 8.88. The maximum atomic E-state index is 12.7. The van der Waals surface area contributed by atoms with Crippen molar-refractivity contribution in [1.82, 2.24) is 9.47 Å². The largest absolute Gasteiger partial charge is 0.391 e. The Morgan fingerprint density at radius 3 is 2.65 bits per heavy atom. The number of hydrogen-bond acceptors (Lipinski definition) is 4. The molecule has 1 atom stereocenters. The number of hydrogen-bond donors (Lipinski definition) is 1. The Kier molecular flexibility index (Phi) is 2.67. The van der Waals surface area contributed by atoms with Gasteiger partial charge < -0.3 is 14.7 Å². The topological polar surface area (TPSA) is 71.8 Å². The van der Waals surface area contributed by atoms with Gasteiger partial charge >= 0.3 is 0 Å². The molecule has 0 spiro atoms. The van der Waals surface area contributed by atoms with Crippen LogP contribution < -0.4 is 0 Å². The van der Waals surface area contributed by atoms with Crippen molar-refractivity contribution in [2.45, 2.75) is 5.72 Å². The maximum absolute atomic E-state index is 12.7. The molecule has 0 unspecified atom stereocenters. The monoisotopic (exact) mass is 274 g/mol. The summed E-state index contributed by atoms with van der Waals surface area (Å²) >= 11 is 0. The van der Waals surface area contributed by atoms with Crippen LogP contribution in [0.2, 0.25) is 0 Å². The number of fused-ring (bicyclic) bond motifs is 3. The molecule has 1 amide bonds. The van der Waals surface area contributed by atoms with E-state index in [0.717, 1.165) is 10.3 Å². The number of aliphatic hydroxyl groups is 1. The Bertz CT molecular complexity index is 715. The van der Waals surface area contributed by atoms with Gasteiger partial charge in [0, 0.05) is 19.5 Å². The predicted octanol–water partition coefficient (Wildman–Crippen LogP) is 0.702. The second-order valence-corrected chi connectivity index (χ2v) is 4.74. The average Bonchev–Trinajstić information content (AvgIpc) is 2.86. The van der Waals surface area contributed by atoms with Crippen LogP contribution in [0.4, 0.5) is 0 Å². The normalized spacial score (nSPS) is 22.4. The molecule has 1 aliphatic heterocycles. The van der Waals surface area contributed by atoms with Crippen LogP contribution in [0.15, 0.2) is 30.3 Å². The van der Waals surface area contributed by atoms with Gasteiger partial charge in [-0.2, -0.15) is 0 Å². The molecule has 20 heavy (non-hydrogen) atoms. The number of likely N-dealkylation sites (N-methyl/N-ethyl adjacent to an activating group) is 1. The van der Waals surface area contributed by atoms with Crippen LogP contribution in [0.25, 0.3) is 10.9 Å². The zero-order valence-corrected chi connectivity index (χ0v) is 11.2. The molecule has 6 heteroatoms. The highest BCUT2D eigenvalue weighted by atomic mass is 16.5. The molecule has 3 rings (SSSR count). The highest BCUT2D eigenvalue weighted by Crippen LogP contribution is 2.31. The third-order valence-corrected chi connectivity index (χ3v) is 3.87. The fraction of sp³-hybridized carbons (Fsp3) is 0.286. The zero-order chi connectivity index (χ0) is 14.5. The lowest BCUT2D eigenvalue weighted by Gasteiger charge is -2.41. The Morgan fingerprint density at radius 1 is 1.30 bits per heavy atom. The Balaban J connectivity index is 2.35. The van der Waals surface area contributed by atoms with Crippen LogP contribution in [0, 0.1) is 0 Å². The van der Waals surface area contributed by atoms with E-state index in [2.05, 4.69) is 0 Å². The molecule has 2 heterocycles. The smallest absolute Gasteiger partial charge is 0.287 e. The molecule has 0 fully saturated rings. The molecule has 1 aromatic heterocycles. The summed E-state index contributed by atoms with van der Waals surface area (Å²) in [4.78, 5) is 26.3. The Labute approximate surface area is 115 Å². The van der Waals surface area contributed by atoms with Gasteiger partial charge in [0.25, 0.3) is 11.8 Å². The molecule has 0 radical (unpaired) electrons. The molecule has 2 aromatic rings. The minimum atomic E-state index is -1.67. The molecule has 0 bridgehead atoms. The van der Waals surface area contributed by atoms with Crippen molar-refractivity contribution < 1.29 is 19.4 Å². The summed E-state index contributed by atoms with van der Waals surface area (Å²) in [6.07, 6.45) is 0. The van der Waals surface area contributed by atoms with Crippen molar-refractivity contribution in [3.05, 3.63) is 36.0 Å². The van der Waals surface area contributed by atoms with Gasteiger partial charge in [0.2, 0.25) is 5.72 Å². The molecule has 6 nitrogen and oxygen atoms in total. The summed E-state index contributed by atoms with van der Waals surface area (Å²) < 4.78 is 6.50. The number of methoxy groups -OCH3 is 1. The second-order valence-electron chi connectivity index (χ2n) is 4.74. The van der Waals surface area contributed by atoms with E-state index < -0.39 is 18.2 Å². The van der Waals surface area contributed by atoms with Gasteiger partial charge in [-0.3, -0.25) is 14.2 Å². The SMILES string of the molecule is CO[C@@]1(CO)C(=O)n2c(cc3ccccc32)C(=O)N1C. The molecule has 1 N–H and O–H groups in total. The average molecular weight is 274 g/mol. The van der Waals surface area contributed by atoms with E-state index in [1.807, 2.05) is 12.1 Å². The van der Waals surface area contributed by atoms with Crippen molar-refractivity contribution in [2.24, 2.45) is 0 Å². The number of benzene rings is 1. The Hall–Kier alpha value is -2.18. The van der Waals surface area contributed by atoms with Gasteiger partial charge in [-0.05, 0) is 12.1 Å². The standard InChI is InChI=1S/C14H14N2O4/c1-15-12(18)11-7-9-5-3-4-6-10(9)16(11)13(19)14(15,8-17)20-2/h3-7,17H,8H2,1-2H3/t14-/m0/s1. The predicted molar refractivity (Wildman–Crippen MR) is 71.5 cm³/mol. The summed E-state index contributed by atoms with van der Waals surface area (Å²) in [5.41, 5.74) is -0.769. The van der Waals surface area contributed by atoms with Crippen LogP contribution >= 0.6 is 0 Å². The van der Waals surface area contributed by atoms with Crippen molar-refractivity contribution in [2.75, 3.05) is 20.8 Å². The number of carbonyl (C=O) groups excluding carboxylic acids is 2. The van der Waals surface area contributed by atoms with E-state index in [4.69, 9.17) is 4.74 Å². The third kappa shape index (κ3) is 1.35. The fourth-order valence-corrected chi connectivity index (χ4v) is 2.65. The molecule has 1 aliphatic rings. The van der Waals surface area contributed by atoms with Crippen molar-refractivity contribution in [3.8, 4) is 0 Å². The van der Waals surface area contributed by atoms with Crippen molar-refractivity contribution in [1.29, 1.82) is 0 Å². The van der Waals surface area contributed by atoms with Gasteiger partial charge in [-0.15, -0.1) is 0 Å². The van der Waals surface area contributed by atoms with Crippen LogP contribution in [-0.4, -0.2) is 52.9 Å². The first-order valence-corrected chi connectivity index (χ1v) is 6.16. The summed E-state index contributed by atoms with van der Waals surface area (Å²) in [5, 5.41) is 10.4. The lowest BCUT2D eigenvalue weighted by Crippen LogP contribution is -2.64. The van der Waals surface area contributed by atoms with Crippen LogP contribution in [-0.2, 0) is 4.74 Å². The number of carbonyl (C=O) groups is 2. The number of ether oxygens (including phenoxy) is 1. The van der Waals surface area contributed by atoms with E-state index in [1.165, 1.54) is 18.7 Å². The summed E-state index contributed by atoms with van der Waals surface area (Å²) in [5.74, 6) is -0.836. The van der Waals surface area contributed by atoms with Gasteiger partial charge in [-0.25, -0.2) is 0 Å². The minimum absolute atomic E-state index is 0.278. The van der Waals surface area contributed by atoms with E-state index >= 15 is 0 Å². The van der Waals surface area contributed by atoms with Crippen molar-refractivity contribution in [3.63, 3.8) is 0 Å². The summed E-state index contributed by atoms with van der Waals surface area (Å²) in [7, 11) is 2.75. The van der Waals surface area contributed by atoms with Crippen LogP contribution in [0.5, 0.6) is 0 Å². The van der Waals surface area contributed by atoms with Crippen molar-refractivity contribution >= 4 is 22.7 Å². The van der Waals surface area contributed by atoms with Crippen LogP contribution in [0.3, 0.4) is 0 Å². The van der Waals surface area contributed by atoms with Gasteiger partial charge in [0.1, 0.15) is 12.3 Å².